The summed E-state index contributed by atoms with van der Waals surface area (Å²) in [6, 6.07) is 0. The summed E-state index contributed by atoms with van der Waals surface area (Å²) in [5.74, 6) is -8.14. The van der Waals surface area contributed by atoms with Crippen LogP contribution in [0.3, 0.4) is 0 Å². The van der Waals surface area contributed by atoms with E-state index in [-0.39, 0.29) is 76.7 Å². The molecule has 0 saturated carbocycles. The van der Waals surface area contributed by atoms with E-state index in [9.17, 15) is 76.7 Å². The molecule has 0 heterocycles. The maximum absolute atomic E-state index is 11.0. The Morgan fingerprint density at radius 1 is 0.299 bits per heavy atom. The summed E-state index contributed by atoms with van der Waals surface area (Å²) < 4.78 is 69.0. The lowest BCUT2D eigenvalue weighted by Crippen LogP contribution is -2.31. The molecule has 0 N–H and O–H groups in total. The summed E-state index contributed by atoms with van der Waals surface area (Å²) in [6.45, 7) is 13.2. The molecule has 0 aromatic rings. The van der Waals surface area contributed by atoms with Crippen LogP contribution < -0.4 is 0 Å². The van der Waals surface area contributed by atoms with Gasteiger partial charge in [-0.1, -0.05) is 0 Å². The van der Waals surface area contributed by atoms with Crippen LogP contribution in [0.5, 0.6) is 0 Å². The number of esters is 16. The van der Waals surface area contributed by atoms with Gasteiger partial charge in [-0.05, 0) is 20.8 Å². The van der Waals surface area contributed by atoms with E-state index in [1.165, 1.54) is 112 Å². The minimum Gasteiger partial charge on any atom is -0.469 e. The third-order valence-corrected chi connectivity index (χ3v) is 6.24. The SMILES string of the molecule is COC(=O)C(C)(C)COC(C)=O.COC(=O)C(C)COC(C)=O.COC(=O)COC(C)=O.COC(=O)COC(C)=O.COC(=O)COC(C)=O.COC(=O)COC(C)=O.COC(=O)COC(C)=O.COC(=O)COC(C)=O. The zero-order valence-corrected chi connectivity index (χ0v) is 46.8. The van der Waals surface area contributed by atoms with Crippen LogP contribution in [-0.2, 0) is 153 Å². The molecule has 446 valence electrons. The van der Waals surface area contributed by atoms with Crippen LogP contribution in [0.25, 0.3) is 0 Å². The second kappa shape index (κ2) is 56.8. The molecule has 1 atom stereocenters. The Kier molecular flexibility index (Phi) is 62.9. The van der Waals surface area contributed by atoms with Gasteiger partial charge in [0, 0.05) is 55.4 Å². The molecule has 0 aromatic carbocycles. The van der Waals surface area contributed by atoms with Crippen molar-refractivity contribution in [1.29, 1.82) is 0 Å². The van der Waals surface area contributed by atoms with Gasteiger partial charge in [0.1, 0.15) is 13.2 Å². The zero-order chi connectivity index (χ0) is 62.3. The quantitative estimate of drug-likeness (QED) is 0.123. The molecule has 0 aliphatic carbocycles. The fourth-order valence-electron chi connectivity index (χ4n) is 2.45. The maximum Gasteiger partial charge on any atom is 0.344 e. The summed E-state index contributed by atoms with van der Waals surface area (Å²) >= 11 is 0. The second-order valence-corrected chi connectivity index (χ2v) is 13.5. The summed E-state index contributed by atoms with van der Waals surface area (Å²) in [5.41, 5.74) is -0.763. The highest BCUT2D eigenvalue weighted by Crippen LogP contribution is 2.17. The van der Waals surface area contributed by atoms with Gasteiger partial charge >= 0.3 is 95.5 Å². The molecule has 77 heavy (non-hydrogen) atoms. The van der Waals surface area contributed by atoms with E-state index in [2.05, 4.69) is 75.8 Å². The van der Waals surface area contributed by atoms with Gasteiger partial charge in [0.05, 0.1) is 68.2 Å². The van der Waals surface area contributed by atoms with Gasteiger partial charge in [-0.15, -0.1) is 0 Å². The van der Waals surface area contributed by atoms with Crippen LogP contribution in [0, 0.1) is 11.3 Å². The highest BCUT2D eigenvalue weighted by molar-refractivity contribution is 5.78. The van der Waals surface area contributed by atoms with Crippen LogP contribution in [-0.4, -0.2) is 205 Å². The van der Waals surface area contributed by atoms with Crippen molar-refractivity contribution in [2.45, 2.75) is 76.2 Å². The normalized spacial score (nSPS) is 9.13. The van der Waals surface area contributed by atoms with Crippen molar-refractivity contribution in [2.24, 2.45) is 11.3 Å². The summed E-state index contributed by atoms with van der Waals surface area (Å²) in [7, 11) is 9.97. The van der Waals surface area contributed by atoms with Crippen LogP contribution in [0.2, 0.25) is 0 Å². The molecular weight excluding hydrogens is 1050 g/mol. The molecule has 32 heteroatoms. The molecule has 0 saturated heterocycles. The van der Waals surface area contributed by atoms with Gasteiger partial charge in [0.25, 0.3) is 0 Å². The first-order chi connectivity index (χ1) is 35.5. The van der Waals surface area contributed by atoms with Gasteiger partial charge in [-0.2, -0.15) is 0 Å². The molecule has 0 amide bonds. The number of hydrogen-bond donors (Lipinski definition) is 0. The first-order valence-corrected chi connectivity index (χ1v) is 21.1. The van der Waals surface area contributed by atoms with Crippen molar-refractivity contribution in [3.05, 3.63) is 0 Å². The third kappa shape index (κ3) is 84.6. The first kappa shape index (κ1) is 85.3. The number of rotatable bonds is 18. The van der Waals surface area contributed by atoms with Crippen molar-refractivity contribution >= 4 is 95.5 Å². The Morgan fingerprint density at radius 2 is 0.494 bits per heavy atom. The number of hydrogen-bond acceptors (Lipinski definition) is 32. The highest BCUT2D eigenvalue weighted by Gasteiger charge is 2.30. The van der Waals surface area contributed by atoms with Crippen molar-refractivity contribution in [1.82, 2.24) is 0 Å². The fraction of sp³-hybridized carbons (Fsp3) is 0.644. The fourth-order valence-corrected chi connectivity index (χ4v) is 2.45. The lowest BCUT2D eigenvalue weighted by molar-refractivity contribution is -0.158. The predicted molar refractivity (Wildman–Crippen MR) is 252 cm³/mol. The average Bonchev–Trinajstić information content (AvgIpc) is 3.37. The smallest absolute Gasteiger partial charge is 0.344 e. The Morgan fingerprint density at radius 3 is 0.636 bits per heavy atom. The van der Waals surface area contributed by atoms with E-state index in [1.54, 1.807) is 20.8 Å². The van der Waals surface area contributed by atoms with Gasteiger partial charge in [0.2, 0.25) is 0 Å². The van der Waals surface area contributed by atoms with Crippen molar-refractivity contribution in [3.8, 4) is 0 Å². The van der Waals surface area contributed by atoms with Crippen LogP contribution >= 0.6 is 0 Å². The molecule has 0 bridgehead atoms. The molecule has 0 spiro atoms. The van der Waals surface area contributed by atoms with E-state index >= 15 is 0 Å². The molecule has 32 nitrogen and oxygen atoms in total. The van der Waals surface area contributed by atoms with E-state index < -0.39 is 83.0 Å². The van der Waals surface area contributed by atoms with E-state index in [4.69, 9.17) is 0 Å². The highest BCUT2D eigenvalue weighted by atomic mass is 16.6. The minimum atomic E-state index is -0.763. The molecule has 0 aliphatic rings. The summed E-state index contributed by atoms with van der Waals surface area (Å²) in [5, 5.41) is 0. The van der Waals surface area contributed by atoms with Crippen molar-refractivity contribution in [3.63, 3.8) is 0 Å². The van der Waals surface area contributed by atoms with Crippen molar-refractivity contribution in [2.75, 3.05) is 110 Å². The standard InChI is InChI=1S/C8H14O4.C7H12O4.6C5H8O4/c1-6(9)12-5-8(2,3)7(10)11-4;1-5(7(9)10-3)4-11-6(2)8;6*1-4(6)9-3-5(7)8-2/h5H2,1-4H3;5H,4H2,1-3H3;6*3H2,1-2H3. The van der Waals surface area contributed by atoms with Gasteiger partial charge in [-0.3, -0.25) is 47.9 Å². The average molecular weight is 1130 g/mol. The molecule has 1 unspecified atom stereocenters. The molecule has 0 fully saturated rings. The molecule has 0 rings (SSSR count). The molecular formula is C45H74O32. The van der Waals surface area contributed by atoms with E-state index in [1.807, 2.05) is 0 Å². The van der Waals surface area contributed by atoms with E-state index in [0.29, 0.717) is 0 Å². The number of carbonyl (C=O) groups excluding carboxylic acids is 16. The minimum absolute atomic E-state index is 0.0506. The third-order valence-electron chi connectivity index (χ3n) is 6.24. The molecule has 0 aromatic heterocycles. The number of ether oxygens (including phenoxy) is 16. The molecule has 0 aliphatic heterocycles. The van der Waals surface area contributed by atoms with E-state index in [0.717, 1.165) is 0 Å². The largest absolute Gasteiger partial charge is 0.469 e. The second-order valence-electron chi connectivity index (χ2n) is 13.5. The maximum atomic E-state index is 11.0. The van der Waals surface area contributed by atoms with Crippen molar-refractivity contribution < 1.29 is 153 Å². The molecule has 0 radical (unpaired) electrons. The Labute approximate surface area is 444 Å². The zero-order valence-electron chi connectivity index (χ0n) is 46.8. The Hall–Kier alpha value is -8.48. The van der Waals surface area contributed by atoms with Crippen LogP contribution in [0.4, 0.5) is 0 Å². The predicted octanol–water partition coefficient (Wildman–Crippen LogP) is -0.558. The lowest BCUT2D eigenvalue weighted by Gasteiger charge is -2.20. The Balaban J connectivity index is -0.000000118. The van der Waals surface area contributed by atoms with Crippen LogP contribution in [0.1, 0.15) is 76.2 Å². The van der Waals surface area contributed by atoms with Gasteiger partial charge < -0.3 is 75.8 Å². The topological polar surface area (TPSA) is 421 Å². The van der Waals surface area contributed by atoms with Gasteiger partial charge in [-0.25, -0.2) is 28.8 Å². The number of carbonyl (C=O) groups is 16. The lowest BCUT2D eigenvalue weighted by atomic mass is 9.95. The summed E-state index contributed by atoms with van der Waals surface area (Å²) in [6.07, 6.45) is 0. The van der Waals surface area contributed by atoms with Crippen LogP contribution in [0.15, 0.2) is 0 Å². The first-order valence-electron chi connectivity index (χ1n) is 21.1. The Bertz CT molecular complexity index is 1580. The van der Waals surface area contributed by atoms with Gasteiger partial charge in [0.15, 0.2) is 39.6 Å². The summed E-state index contributed by atoms with van der Waals surface area (Å²) in [4.78, 5) is 164. The monoisotopic (exact) mass is 1130 g/mol. The number of methoxy groups -OCH3 is 8.